The van der Waals surface area contributed by atoms with E-state index in [2.05, 4.69) is 18.0 Å². The van der Waals surface area contributed by atoms with Crippen LogP contribution >= 0.6 is 0 Å². The number of nitrogens with zero attached hydrogens (tertiary/aromatic N) is 1. The summed E-state index contributed by atoms with van der Waals surface area (Å²) < 4.78 is 20.8. The van der Waals surface area contributed by atoms with Gasteiger partial charge >= 0.3 is 0 Å². The summed E-state index contributed by atoms with van der Waals surface area (Å²) in [6.45, 7) is 1.81. The highest BCUT2D eigenvalue weighted by Crippen LogP contribution is 2.54. The van der Waals surface area contributed by atoms with Crippen LogP contribution in [0.3, 0.4) is 0 Å². The van der Waals surface area contributed by atoms with Crippen molar-refractivity contribution in [1.29, 1.82) is 0 Å². The standard InChI is InChI=1S/C18H18FNO/c1-20-11-10-18(14-7-3-4-8-16(14)19)15(12-20)13-6-2-5-9-17(13)21-18/h2-9,15H,10-12H2,1H3/t15-,18+/m1/s1. The third-order valence-corrected chi connectivity index (χ3v) is 4.84. The molecule has 108 valence electrons. The Morgan fingerprint density at radius 3 is 2.76 bits per heavy atom. The fourth-order valence-corrected chi connectivity index (χ4v) is 3.79. The van der Waals surface area contributed by atoms with E-state index in [1.54, 1.807) is 6.07 Å². The van der Waals surface area contributed by atoms with E-state index in [0.29, 0.717) is 5.56 Å². The summed E-state index contributed by atoms with van der Waals surface area (Å²) in [5, 5.41) is 0. The average Bonchev–Trinajstić information content (AvgIpc) is 2.83. The molecule has 0 spiro atoms. The second-order valence-electron chi connectivity index (χ2n) is 6.07. The number of hydrogen-bond donors (Lipinski definition) is 0. The van der Waals surface area contributed by atoms with Gasteiger partial charge in [0, 0.05) is 36.6 Å². The third-order valence-electron chi connectivity index (χ3n) is 4.84. The van der Waals surface area contributed by atoms with Crippen molar-refractivity contribution in [1.82, 2.24) is 4.90 Å². The number of hydrogen-bond acceptors (Lipinski definition) is 2. The van der Waals surface area contributed by atoms with Gasteiger partial charge in [-0.15, -0.1) is 0 Å². The number of rotatable bonds is 1. The van der Waals surface area contributed by atoms with E-state index in [-0.39, 0.29) is 11.7 Å². The molecule has 0 N–H and O–H groups in total. The first-order chi connectivity index (χ1) is 10.2. The summed E-state index contributed by atoms with van der Waals surface area (Å²) in [5.41, 5.74) is 1.34. The molecule has 2 aliphatic rings. The first-order valence-electron chi connectivity index (χ1n) is 7.42. The van der Waals surface area contributed by atoms with E-state index in [9.17, 15) is 4.39 Å². The number of ether oxygens (including phenoxy) is 1. The van der Waals surface area contributed by atoms with Gasteiger partial charge in [0.1, 0.15) is 17.2 Å². The maximum absolute atomic E-state index is 14.4. The Labute approximate surface area is 124 Å². The molecule has 0 aliphatic carbocycles. The van der Waals surface area contributed by atoms with E-state index in [1.807, 2.05) is 30.3 Å². The quantitative estimate of drug-likeness (QED) is 0.794. The van der Waals surface area contributed by atoms with Crippen molar-refractivity contribution in [3.05, 3.63) is 65.5 Å². The van der Waals surface area contributed by atoms with Gasteiger partial charge in [-0.3, -0.25) is 0 Å². The van der Waals surface area contributed by atoms with Crippen molar-refractivity contribution in [3.63, 3.8) is 0 Å². The molecule has 0 saturated carbocycles. The van der Waals surface area contributed by atoms with Crippen LogP contribution in [-0.2, 0) is 5.60 Å². The first kappa shape index (κ1) is 12.8. The van der Waals surface area contributed by atoms with Crippen molar-refractivity contribution in [2.45, 2.75) is 17.9 Å². The van der Waals surface area contributed by atoms with E-state index in [1.165, 1.54) is 11.6 Å². The fraction of sp³-hybridized carbons (Fsp3) is 0.333. The molecule has 0 bridgehead atoms. The molecule has 1 fully saturated rings. The minimum Gasteiger partial charge on any atom is -0.481 e. The van der Waals surface area contributed by atoms with Gasteiger partial charge in [-0.2, -0.15) is 0 Å². The molecular weight excluding hydrogens is 265 g/mol. The Hall–Kier alpha value is -1.87. The van der Waals surface area contributed by atoms with E-state index in [4.69, 9.17) is 4.74 Å². The Morgan fingerprint density at radius 2 is 1.90 bits per heavy atom. The zero-order valence-electron chi connectivity index (χ0n) is 12.1. The molecule has 4 rings (SSSR count). The van der Waals surface area contributed by atoms with Crippen LogP contribution in [0.5, 0.6) is 5.75 Å². The van der Waals surface area contributed by atoms with Gasteiger partial charge in [0.2, 0.25) is 0 Å². The zero-order chi connectivity index (χ0) is 14.4. The topological polar surface area (TPSA) is 12.5 Å². The van der Waals surface area contributed by atoms with E-state index in [0.717, 1.165) is 25.3 Å². The summed E-state index contributed by atoms with van der Waals surface area (Å²) in [7, 11) is 2.12. The minimum atomic E-state index is -0.554. The molecule has 21 heavy (non-hydrogen) atoms. The van der Waals surface area contributed by atoms with Gasteiger partial charge in [-0.25, -0.2) is 4.39 Å². The van der Waals surface area contributed by atoms with Crippen molar-refractivity contribution < 1.29 is 9.13 Å². The van der Waals surface area contributed by atoms with Crippen LogP contribution in [0, 0.1) is 5.82 Å². The largest absolute Gasteiger partial charge is 0.481 e. The fourth-order valence-electron chi connectivity index (χ4n) is 3.79. The number of fused-ring (bicyclic) bond motifs is 3. The molecule has 3 heteroatoms. The van der Waals surface area contributed by atoms with Crippen molar-refractivity contribution in [2.75, 3.05) is 20.1 Å². The van der Waals surface area contributed by atoms with E-state index >= 15 is 0 Å². The normalized spacial score (nSPS) is 27.8. The highest BCUT2D eigenvalue weighted by molar-refractivity contribution is 5.47. The summed E-state index contributed by atoms with van der Waals surface area (Å²) in [6.07, 6.45) is 0.809. The average molecular weight is 283 g/mol. The molecule has 1 saturated heterocycles. The van der Waals surface area contributed by atoms with Gasteiger partial charge in [0.25, 0.3) is 0 Å². The predicted octanol–water partition coefficient (Wildman–Crippen LogP) is 3.53. The molecule has 0 amide bonds. The lowest BCUT2D eigenvalue weighted by atomic mass is 9.74. The molecule has 0 unspecified atom stereocenters. The second kappa shape index (κ2) is 4.57. The zero-order valence-corrected chi connectivity index (χ0v) is 12.1. The summed E-state index contributed by atoms with van der Waals surface area (Å²) >= 11 is 0. The first-order valence-corrected chi connectivity index (χ1v) is 7.42. The lowest BCUT2D eigenvalue weighted by Crippen LogP contribution is -2.48. The van der Waals surface area contributed by atoms with Crippen LogP contribution < -0.4 is 4.74 Å². The molecule has 2 heterocycles. The second-order valence-corrected chi connectivity index (χ2v) is 6.07. The lowest BCUT2D eigenvalue weighted by molar-refractivity contribution is 0.00417. The smallest absolute Gasteiger partial charge is 0.146 e. The maximum atomic E-state index is 14.4. The molecular formula is C18H18FNO. The van der Waals surface area contributed by atoms with Crippen LogP contribution in [0.2, 0.25) is 0 Å². The number of benzene rings is 2. The van der Waals surface area contributed by atoms with Gasteiger partial charge in [-0.05, 0) is 19.2 Å². The van der Waals surface area contributed by atoms with E-state index < -0.39 is 5.60 Å². The Kier molecular flexibility index (Phi) is 2.79. The van der Waals surface area contributed by atoms with Gasteiger partial charge in [0.05, 0.1) is 0 Å². The molecule has 0 radical (unpaired) electrons. The Morgan fingerprint density at radius 1 is 1.14 bits per heavy atom. The molecule has 2 atom stereocenters. The Balaban J connectivity index is 1.89. The van der Waals surface area contributed by atoms with Crippen LogP contribution in [0.15, 0.2) is 48.5 Å². The summed E-state index contributed by atoms with van der Waals surface area (Å²) in [6, 6.07) is 15.2. The van der Waals surface area contributed by atoms with Gasteiger partial charge in [0.15, 0.2) is 0 Å². The molecule has 0 aromatic heterocycles. The highest BCUT2D eigenvalue weighted by Gasteiger charge is 2.53. The maximum Gasteiger partial charge on any atom is 0.146 e. The number of piperidine rings is 1. The number of para-hydroxylation sites is 1. The van der Waals surface area contributed by atoms with Crippen molar-refractivity contribution in [2.24, 2.45) is 0 Å². The monoisotopic (exact) mass is 283 g/mol. The van der Waals surface area contributed by atoms with Crippen LogP contribution in [0.4, 0.5) is 4.39 Å². The highest BCUT2D eigenvalue weighted by atomic mass is 19.1. The molecule has 2 aliphatic heterocycles. The predicted molar refractivity (Wildman–Crippen MR) is 80.0 cm³/mol. The van der Waals surface area contributed by atoms with Crippen LogP contribution in [-0.4, -0.2) is 25.0 Å². The molecule has 2 aromatic carbocycles. The molecule has 2 nitrogen and oxygen atoms in total. The number of halogens is 1. The van der Waals surface area contributed by atoms with Crippen molar-refractivity contribution in [3.8, 4) is 5.75 Å². The third kappa shape index (κ3) is 1.80. The number of likely N-dealkylation sites (tertiary alicyclic amines) is 1. The number of likely N-dealkylation sites (N-methyl/N-ethyl adjacent to an activating group) is 1. The molecule has 2 aromatic rings. The minimum absolute atomic E-state index is 0.167. The Bertz CT molecular complexity index is 686. The lowest BCUT2D eigenvalue weighted by Gasteiger charge is -2.42. The SMILES string of the molecule is CN1CC[C@@]2(c3ccccc3F)Oc3ccccc3[C@H]2C1. The van der Waals surface area contributed by atoms with Gasteiger partial charge < -0.3 is 9.64 Å². The van der Waals surface area contributed by atoms with Crippen LogP contribution in [0.25, 0.3) is 0 Å². The van der Waals surface area contributed by atoms with Gasteiger partial charge in [-0.1, -0.05) is 36.4 Å². The van der Waals surface area contributed by atoms with Crippen LogP contribution in [0.1, 0.15) is 23.5 Å². The summed E-state index contributed by atoms with van der Waals surface area (Å²) in [4.78, 5) is 2.30. The summed E-state index contributed by atoms with van der Waals surface area (Å²) in [5.74, 6) is 0.922. The van der Waals surface area contributed by atoms with Crippen molar-refractivity contribution >= 4 is 0 Å².